The lowest BCUT2D eigenvalue weighted by atomic mass is 9.81. The SMILES string of the molecule is CC(C)(C)c1ccc(C(C)(C)C)c(N=Cc2cccc3c2oc2c(C=Nc4cc(C(C)(C)C)ccc4C(C)(C)C)cccc23)c1. The summed E-state index contributed by atoms with van der Waals surface area (Å²) in [4.78, 5) is 10.2. The van der Waals surface area contributed by atoms with Gasteiger partial charge < -0.3 is 4.42 Å². The van der Waals surface area contributed by atoms with Crippen LogP contribution in [0.25, 0.3) is 21.9 Å². The van der Waals surface area contributed by atoms with Gasteiger partial charge in [0.05, 0.1) is 11.4 Å². The van der Waals surface area contributed by atoms with E-state index in [1.54, 1.807) is 0 Å². The van der Waals surface area contributed by atoms with Crippen LogP contribution >= 0.6 is 0 Å². The van der Waals surface area contributed by atoms with Crippen molar-refractivity contribution in [1.29, 1.82) is 0 Å². The maximum absolute atomic E-state index is 6.66. The molecule has 0 atom stereocenters. The van der Waals surface area contributed by atoms with Crippen molar-refractivity contribution < 1.29 is 4.42 Å². The molecule has 5 rings (SSSR count). The molecule has 0 aliphatic heterocycles. The van der Waals surface area contributed by atoms with Gasteiger partial charge in [0.2, 0.25) is 0 Å². The predicted octanol–water partition coefficient (Wildman–Crippen LogP) is 12.3. The van der Waals surface area contributed by atoms with Gasteiger partial charge in [-0.2, -0.15) is 0 Å². The van der Waals surface area contributed by atoms with Crippen molar-refractivity contribution in [3.63, 3.8) is 0 Å². The van der Waals surface area contributed by atoms with E-state index < -0.39 is 0 Å². The Kier molecular flexibility index (Phi) is 8.23. The van der Waals surface area contributed by atoms with E-state index in [1.165, 1.54) is 22.3 Å². The molecule has 5 aromatic rings. The Bertz CT molecular complexity index is 1780. The molecule has 0 N–H and O–H groups in total. The third-order valence-corrected chi connectivity index (χ3v) is 8.61. The summed E-state index contributed by atoms with van der Waals surface area (Å²) >= 11 is 0. The smallest absolute Gasteiger partial charge is 0.144 e. The third kappa shape index (κ3) is 6.83. The number of hydrogen-bond acceptors (Lipinski definition) is 3. The normalized spacial score (nSPS) is 13.6. The molecular formula is C42H50N2O. The molecule has 1 aromatic heterocycles. The number of para-hydroxylation sites is 2. The van der Waals surface area contributed by atoms with Crippen LogP contribution < -0.4 is 0 Å². The molecule has 0 fully saturated rings. The number of furan rings is 1. The number of benzene rings is 4. The van der Waals surface area contributed by atoms with Crippen molar-refractivity contribution in [2.75, 3.05) is 0 Å². The van der Waals surface area contributed by atoms with Gasteiger partial charge in [-0.15, -0.1) is 0 Å². The van der Waals surface area contributed by atoms with E-state index in [4.69, 9.17) is 14.4 Å². The van der Waals surface area contributed by atoms with E-state index in [2.05, 4.69) is 156 Å². The minimum atomic E-state index is -0.0258. The van der Waals surface area contributed by atoms with Crippen LogP contribution in [0.2, 0.25) is 0 Å². The zero-order valence-electron chi connectivity index (χ0n) is 29.4. The molecule has 0 amide bonds. The van der Waals surface area contributed by atoms with Crippen molar-refractivity contribution in [3.8, 4) is 0 Å². The first-order valence-electron chi connectivity index (χ1n) is 16.2. The highest BCUT2D eigenvalue weighted by Crippen LogP contribution is 2.38. The standard InChI is InChI=1S/C42H50N2O/c1-39(2,3)29-19-21-33(41(7,8)9)35(23-29)43-25-27-15-13-17-31-32-18-14-16-28(38(32)45-37(27)31)26-44-36-24-30(40(4,5)6)20-22-34(36)42(10,11)12/h13-26H,1-12H3. The number of rotatable bonds is 4. The molecular weight excluding hydrogens is 548 g/mol. The molecule has 0 saturated heterocycles. The molecule has 3 nitrogen and oxygen atoms in total. The molecule has 0 radical (unpaired) electrons. The summed E-state index contributed by atoms with van der Waals surface area (Å²) in [7, 11) is 0. The zero-order valence-corrected chi connectivity index (χ0v) is 29.4. The molecule has 1 heterocycles. The Hall–Kier alpha value is -3.98. The van der Waals surface area contributed by atoms with E-state index in [9.17, 15) is 0 Å². The van der Waals surface area contributed by atoms with Crippen molar-refractivity contribution in [2.45, 2.75) is 105 Å². The Labute approximate surface area is 270 Å². The van der Waals surface area contributed by atoms with Crippen LogP contribution in [0.5, 0.6) is 0 Å². The molecule has 0 spiro atoms. The fourth-order valence-electron chi connectivity index (χ4n) is 5.82. The molecule has 4 aromatic carbocycles. The monoisotopic (exact) mass is 598 g/mol. The second-order valence-corrected chi connectivity index (χ2v) is 16.5. The van der Waals surface area contributed by atoms with Gasteiger partial charge in [-0.25, -0.2) is 0 Å². The van der Waals surface area contributed by atoms with Crippen LogP contribution in [0.1, 0.15) is 116 Å². The predicted molar refractivity (Wildman–Crippen MR) is 196 cm³/mol. The lowest BCUT2D eigenvalue weighted by Crippen LogP contribution is -2.15. The summed E-state index contributed by atoms with van der Waals surface area (Å²) in [5, 5.41) is 2.16. The van der Waals surface area contributed by atoms with E-state index in [-0.39, 0.29) is 21.7 Å². The third-order valence-electron chi connectivity index (χ3n) is 8.61. The van der Waals surface area contributed by atoms with Gasteiger partial charge in [0.15, 0.2) is 0 Å². The van der Waals surface area contributed by atoms with Crippen LogP contribution in [-0.4, -0.2) is 12.4 Å². The lowest BCUT2D eigenvalue weighted by molar-refractivity contribution is 0.578. The topological polar surface area (TPSA) is 37.9 Å². The van der Waals surface area contributed by atoms with Gasteiger partial charge in [0.25, 0.3) is 0 Å². The van der Waals surface area contributed by atoms with Gasteiger partial charge in [-0.3, -0.25) is 9.98 Å². The maximum atomic E-state index is 6.66. The summed E-state index contributed by atoms with van der Waals surface area (Å²) in [6.07, 6.45) is 3.92. The average molecular weight is 599 g/mol. The Balaban J connectivity index is 1.61. The summed E-state index contributed by atoms with van der Waals surface area (Å²) in [5.41, 5.74) is 10.6. The quantitative estimate of drug-likeness (QED) is 0.190. The number of aliphatic imine (C=N–C) groups is 2. The summed E-state index contributed by atoms with van der Waals surface area (Å²) in [6, 6.07) is 26.0. The fraction of sp³-hybridized carbons (Fsp3) is 0.381. The first-order valence-corrected chi connectivity index (χ1v) is 16.2. The van der Waals surface area contributed by atoms with Crippen molar-refractivity contribution >= 4 is 45.7 Å². The zero-order chi connectivity index (χ0) is 32.9. The molecule has 45 heavy (non-hydrogen) atoms. The lowest BCUT2D eigenvalue weighted by Gasteiger charge is -2.25. The Morgan fingerprint density at radius 2 is 0.844 bits per heavy atom. The number of nitrogens with zero attached hydrogens (tertiary/aromatic N) is 2. The second kappa shape index (κ2) is 11.4. The van der Waals surface area contributed by atoms with Crippen LogP contribution in [0.3, 0.4) is 0 Å². The van der Waals surface area contributed by atoms with Gasteiger partial charge in [-0.05, 0) is 68.2 Å². The minimum absolute atomic E-state index is 0.0258. The molecule has 0 unspecified atom stereocenters. The minimum Gasteiger partial charge on any atom is -0.455 e. The van der Waals surface area contributed by atoms with Crippen LogP contribution in [0.15, 0.2) is 87.2 Å². The van der Waals surface area contributed by atoms with Gasteiger partial charge in [-0.1, -0.05) is 132 Å². The first kappa shape index (κ1) is 32.4. The molecule has 0 aliphatic rings. The highest BCUT2D eigenvalue weighted by atomic mass is 16.3. The summed E-state index contributed by atoms with van der Waals surface area (Å²) in [5.74, 6) is 0. The van der Waals surface area contributed by atoms with Crippen LogP contribution in [0, 0.1) is 0 Å². The summed E-state index contributed by atoms with van der Waals surface area (Å²) in [6.45, 7) is 26.9. The molecule has 0 bridgehead atoms. The highest BCUT2D eigenvalue weighted by molar-refractivity contribution is 6.13. The first-order chi connectivity index (χ1) is 20.8. The van der Waals surface area contributed by atoms with Crippen molar-refractivity contribution in [3.05, 3.63) is 106 Å². The molecule has 234 valence electrons. The number of hydrogen-bond donors (Lipinski definition) is 0. The van der Waals surface area contributed by atoms with E-state index in [0.717, 1.165) is 44.4 Å². The average Bonchev–Trinajstić information content (AvgIpc) is 3.32. The Morgan fingerprint density at radius 3 is 1.18 bits per heavy atom. The van der Waals surface area contributed by atoms with Gasteiger partial charge >= 0.3 is 0 Å². The van der Waals surface area contributed by atoms with Crippen LogP contribution in [-0.2, 0) is 21.7 Å². The molecule has 0 saturated carbocycles. The van der Waals surface area contributed by atoms with E-state index in [0.29, 0.717) is 0 Å². The maximum Gasteiger partial charge on any atom is 0.144 e. The Morgan fingerprint density at radius 1 is 0.467 bits per heavy atom. The van der Waals surface area contributed by atoms with Gasteiger partial charge in [0, 0.05) is 34.3 Å². The van der Waals surface area contributed by atoms with E-state index in [1.807, 2.05) is 12.4 Å². The van der Waals surface area contributed by atoms with Crippen molar-refractivity contribution in [1.82, 2.24) is 0 Å². The fourth-order valence-corrected chi connectivity index (χ4v) is 5.82. The second-order valence-electron chi connectivity index (χ2n) is 16.5. The van der Waals surface area contributed by atoms with Crippen LogP contribution in [0.4, 0.5) is 11.4 Å². The van der Waals surface area contributed by atoms with E-state index >= 15 is 0 Å². The van der Waals surface area contributed by atoms with Crippen molar-refractivity contribution in [2.24, 2.45) is 9.98 Å². The summed E-state index contributed by atoms with van der Waals surface area (Å²) < 4.78 is 6.66. The highest BCUT2D eigenvalue weighted by Gasteiger charge is 2.23. The molecule has 0 aliphatic carbocycles. The molecule has 3 heteroatoms. The largest absolute Gasteiger partial charge is 0.455 e. The van der Waals surface area contributed by atoms with Gasteiger partial charge in [0.1, 0.15) is 11.2 Å². The number of fused-ring (bicyclic) bond motifs is 3.